The molecule has 2 aromatic carbocycles. The SMILES string of the molecule is O=C(COc1ccccc1Br)N1CCN(c2ccccc2[N+](=O)[O-])CC1. The van der Waals surface area contributed by atoms with Crippen LogP contribution in [-0.2, 0) is 4.79 Å². The molecule has 0 atom stereocenters. The van der Waals surface area contributed by atoms with Gasteiger partial charge in [0.15, 0.2) is 6.61 Å². The van der Waals surface area contributed by atoms with Crippen LogP contribution in [0.1, 0.15) is 0 Å². The zero-order chi connectivity index (χ0) is 18.5. The number of anilines is 1. The monoisotopic (exact) mass is 419 g/mol. The van der Waals surface area contributed by atoms with Gasteiger partial charge >= 0.3 is 0 Å². The number of halogens is 1. The van der Waals surface area contributed by atoms with Gasteiger partial charge < -0.3 is 14.5 Å². The zero-order valence-corrected chi connectivity index (χ0v) is 15.6. The summed E-state index contributed by atoms with van der Waals surface area (Å²) >= 11 is 3.38. The van der Waals surface area contributed by atoms with E-state index in [1.165, 1.54) is 6.07 Å². The second-order valence-corrected chi connectivity index (χ2v) is 6.69. The molecule has 0 aliphatic carbocycles. The van der Waals surface area contributed by atoms with Gasteiger partial charge in [-0.3, -0.25) is 14.9 Å². The van der Waals surface area contributed by atoms with Gasteiger partial charge in [0.2, 0.25) is 0 Å². The summed E-state index contributed by atoms with van der Waals surface area (Å²) in [5, 5.41) is 11.2. The molecule has 0 bridgehead atoms. The number of hydrogen-bond acceptors (Lipinski definition) is 5. The van der Waals surface area contributed by atoms with Gasteiger partial charge in [0.05, 0.1) is 9.40 Å². The second kappa shape index (κ2) is 8.18. The van der Waals surface area contributed by atoms with Crippen molar-refractivity contribution < 1.29 is 14.5 Å². The summed E-state index contributed by atoms with van der Waals surface area (Å²) in [5.41, 5.74) is 0.679. The number of hydrogen-bond donors (Lipinski definition) is 0. The van der Waals surface area contributed by atoms with E-state index in [4.69, 9.17) is 4.74 Å². The van der Waals surface area contributed by atoms with Gasteiger partial charge in [-0.15, -0.1) is 0 Å². The minimum absolute atomic E-state index is 0.0336. The third kappa shape index (κ3) is 4.13. The molecule has 136 valence electrons. The molecule has 0 unspecified atom stereocenters. The van der Waals surface area contributed by atoms with Crippen LogP contribution < -0.4 is 9.64 Å². The Kier molecular flexibility index (Phi) is 5.72. The van der Waals surface area contributed by atoms with Gasteiger partial charge in [-0.1, -0.05) is 24.3 Å². The molecule has 1 saturated heterocycles. The molecule has 0 aromatic heterocycles. The van der Waals surface area contributed by atoms with E-state index in [0.29, 0.717) is 37.6 Å². The number of carbonyl (C=O) groups excluding carboxylic acids is 1. The number of ether oxygens (including phenoxy) is 1. The third-order valence-corrected chi connectivity index (χ3v) is 4.89. The highest BCUT2D eigenvalue weighted by Crippen LogP contribution is 2.28. The lowest BCUT2D eigenvalue weighted by molar-refractivity contribution is -0.384. The quantitative estimate of drug-likeness (QED) is 0.549. The van der Waals surface area contributed by atoms with Gasteiger partial charge in [-0.25, -0.2) is 0 Å². The molecule has 1 amide bonds. The molecule has 1 aliphatic heterocycles. The van der Waals surface area contributed by atoms with Crippen LogP contribution in [0.2, 0.25) is 0 Å². The van der Waals surface area contributed by atoms with Crippen molar-refractivity contribution >= 4 is 33.2 Å². The number of carbonyl (C=O) groups is 1. The first-order valence-electron chi connectivity index (χ1n) is 8.20. The van der Waals surface area contributed by atoms with E-state index in [2.05, 4.69) is 15.9 Å². The number of nitro benzene ring substituents is 1. The number of benzene rings is 2. The fourth-order valence-corrected chi connectivity index (χ4v) is 3.27. The van der Waals surface area contributed by atoms with Crippen molar-refractivity contribution in [2.75, 3.05) is 37.7 Å². The van der Waals surface area contributed by atoms with Gasteiger partial charge in [0.25, 0.3) is 11.6 Å². The molecule has 0 N–H and O–H groups in total. The largest absolute Gasteiger partial charge is 0.483 e. The van der Waals surface area contributed by atoms with Gasteiger partial charge in [-0.05, 0) is 34.1 Å². The Hall–Kier alpha value is -2.61. The number of para-hydroxylation sites is 3. The Balaban J connectivity index is 1.56. The van der Waals surface area contributed by atoms with E-state index in [0.717, 1.165) is 4.47 Å². The zero-order valence-electron chi connectivity index (χ0n) is 14.0. The average Bonchev–Trinajstić information content (AvgIpc) is 2.67. The molecule has 0 radical (unpaired) electrons. The van der Waals surface area contributed by atoms with E-state index in [1.807, 2.05) is 23.1 Å². The minimum Gasteiger partial charge on any atom is -0.483 e. The Morgan fingerprint density at radius 1 is 1.08 bits per heavy atom. The molecular formula is C18H18BrN3O4. The smallest absolute Gasteiger partial charge is 0.292 e. The van der Waals surface area contributed by atoms with Crippen molar-refractivity contribution in [2.24, 2.45) is 0 Å². The van der Waals surface area contributed by atoms with E-state index in [-0.39, 0.29) is 23.1 Å². The number of rotatable bonds is 5. The van der Waals surface area contributed by atoms with Crippen molar-refractivity contribution in [3.8, 4) is 5.75 Å². The average molecular weight is 420 g/mol. The predicted octanol–water partition coefficient (Wildman–Crippen LogP) is 3.08. The summed E-state index contributed by atoms with van der Waals surface area (Å²) in [6.07, 6.45) is 0. The lowest BCUT2D eigenvalue weighted by Gasteiger charge is -2.35. The van der Waals surface area contributed by atoms with Crippen LogP contribution in [0.5, 0.6) is 5.75 Å². The Labute approximate surface area is 159 Å². The maximum absolute atomic E-state index is 12.4. The number of nitro groups is 1. The number of piperazine rings is 1. The molecule has 1 heterocycles. The molecule has 7 nitrogen and oxygen atoms in total. The number of nitrogens with zero attached hydrogens (tertiary/aromatic N) is 3. The van der Waals surface area contributed by atoms with Crippen molar-refractivity contribution in [1.29, 1.82) is 0 Å². The Bertz CT molecular complexity index is 807. The molecule has 0 saturated carbocycles. The first-order valence-corrected chi connectivity index (χ1v) is 8.99. The first-order chi connectivity index (χ1) is 12.6. The summed E-state index contributed by atoms with van der Waals surface area (Å²) in [4.78, 5) is 26.8. The topological polar surface area (TPSA) is 75.9 Å². The minimum atomic E-state index is -0.377. The highest BCUT2D eigenvalue weighted by molar-refractivity contribution is 9.10. The van der Waals surface area contributed by atoms with Crippen LogP contribution >= 0.6 is 15.9 Å². The van der Waals surface area contributed by atoms with Gasteiger partial charge in [-0.2, -0.15) is 0 Å². The molecule has 26 heavy (non-hydrogen) atoms. The molecule has 1 aliphatic rings. The molecule has 2 aromatic rings. The molecule has 0 spiro atoms. The summed E-state index contributed by atoms with van der Waals surface area (Å²) in [6.45, 7) is 2.07. The number of amides is 1. The summed E-state index contributed by atoms with van der Waals surface area (Å²) in [6, 6.07) is 14.0. The Morgan fingerprint density at radius 3 is 2.42 bits per heavy atom. The van der Waals surface area contributed by atoms with Crippen LogP contribution in [-0.4, -0.2) is 48.5 Å². The summed E-state index contributed by atoms with van der Waals surface area (Å²) in [5.74, 6) is 0.530. The molecular weight excluding hydrogens is 402 g/mol. The van der Waals surface area contributed by atoms with Crippen molar-refractivity contribution in [3.05, 3.63) is 63.1 Å². The molecule has 1 fully saturated rings. The van der Waals surface area contributed by atoms with E-state index >= 15 is 0 Å². The van der Waals surface area contributed by atoms with Crippen molar-refractivity contribution in [2.45, 2.75) is 0 Å². The standard InChI is InChI=1S/C18H18BrN3O4/c19-14-5-1-4-8-17(14)26-13-18(23)21-11-9-20(10-12-21)15-6-2-3-7-16(15)22(24)25/h1-8H,9-13H2. The highest BCUT2D eigenvalue weighted by atomic mass is 79.9. The first kappa shape index (κ1) is 18.2. The normalized spacial score (nSPS) is 14.2. The van der Waals surface area contributed by atoms with E-state index in [9.17, 15) is 14.9 Å². The van der Waals surface area contributed by atoms with Crippen LogP contribution in [0.4, 0.5) is 11.4 Å². The highest BCUT2D eigenvalue weighted by Gasteiger charge is 2.25. The van der Waals surface area contributed by atoms with Gasteiger partial charge in [0.1, 0.15) is 11.4 Å². The van der Waals surface area contributed by atoms with Gasteiger partial charge in [0, 0.05) is 32.2 Å². The predicted molar refractivity (Wildman–Crippen MR) is 102 cm³/mol. The molecule has 3 rings (SSSR count). The fraction of sp³-hybridized carbons (Fsp3) is 0.278. The lowest BCUT2D eigenvalue weighted by atomic mass is 10.2. The van der Waals surface area contributed by atoms with Crippen LogP contribution in [0.3, 0.4) is 0 Å². The fourth-order valence-electron chi connectivity index (χ4n) is 2.88. The second-order valence-electron chi connectivity index (χ2n) is 5.83. The van der Waals surface area contributed by atoms with Crippen LogP contribution in [0, 0.1) is 10.1 Å². The summed E-state index contributed by atoms with van der Waals surface area (Å²) < 4.78 is 6.37. The maximum Gasteiger partial charge on any atom is 0.292 e. The lowest BCUT2D eigenvalue weighted by Crippen LogP contribution is -2.50. The molecule has 8 heteroatoms. The van der Waals surface area contributed by atoms with Crippen molar-refractivity contribution in [3.63, 3.8) is 0 Å². The Morgan fingerprint density at radius 2 is 1.73 bits per heavy atom. The van der Waals surface area contributed by atoms with Crippen molar-refractivity contribution in [1.82, 2.24) is 4.90 Å². The third-order valence-electron chi connectivity index (χ3n) is 4.24. The van der Waals surface area contributed by atoms with Crippen LogP contribution in [0.15, 0.2) is 53.0 Å². The van der Waals surface area contributed by atoms with Crippen LogP contribution in [0.25, 0.3) is 0 Å². The van der Waals surface area contributed by atoms with E-state index < -0.39 is 0 Å². The maximum atomic E-state index is 12.4. The summed E-state index contributed by atoms with van der Waals surface area (Å²) in [7, 11) is 0. The van der Waals surface area contributed by atoms with E-state index in [1.54, 1.807) is 29.2 Å².